The molecule has 11 aromatic rings. The standard InChI is InChI=1S/C51H32O2/c1-51(2)43-24-21-30(26-41(43)39-23-19-29-25-42-33-12-8-10-18-45(33)53-47(42)28-40(29)50(39)51)48-35-13-3-5-15-37(35)49(38-16-6-4-14-36(38)48)31-20-22-34-32-11-7-9-17-44(32)52-46(34)27-31/h3-28H,1-2H3. The van der Waals surface area contributed by atoms with Gasteiger partial charge < -0.3 is 8.83 Å². The fraction of sp³-hybridized carbons (Fsp3) is 0.0588. The van der Waals surface area contributed by atoms with Gasteiger partial charge in [-0.2, -0.15) is 0 Å². The Morgan fingerprint density at radius 3 is 1.51 bits per heavy atom. The van der Waals surface area contributed by atoms with Gasteiger partial charge in [-0.05, 0) is 119 Å². The average Bonchev–Trinajstić information content (AvgIpc) is 3.82. The topological polar surface area (TPSA) is 26.3 Å². The highest BCUT2D eigenvalue weighted by molar-refractivity contribution is 6.22. The first-order chi connectivity index (χ1) is 26.0. The van der Waals surface area contributed by atoms with Crippen LogP contribution in [0.25, 0.3) is 110 Å². The van der Waals surface area contributed by atoms with Gasteiger partial charge >= 0.3 is 0 Å². The zero-order chi connectivity index (χ0) is 35.0. The zero-order valence-electron chi connectivity index (χ0n) is 29.3. The van der Waals surface area contributed by atoms with E-state index in [2.05, 4.69) is 153 Å². The van der Waals surface area contributed by atoms with Crippen LogP contribution in [0.15, 0.2) is 167 Å². The van der Waals surface area contributed by atoms with Crippen molar-refractivity contribution < 1.29 is 8.83 Å². The molecule has 0 aliphatic heterocycles. The second-order valence-corrected chi connectivity index (χ2v) is 15.2. The van der Waals surface area contributed by atoms with Crippen molar-refractivity contribution in [2.45, 2.75) is 19.3 Å². The molecule has 2 heterocycles. The molecular weight excluding hydrogens is 645 g/mol. The Kier molecular flexibility index (Phi) is 5.60. The van der Waals surface area contributed by atoms with Gasteiger partial charge in [0, 0.05) is 27.0 Å². The first kappa shape index (κ1) is 29.0. The van der Waals surface area contributed by atoms with Crippen LogP contribution >= 0.6 is 0 Å². The molecule has 2 nitrogen and oxygen atoms in total. The van der Waals surface area contributed by atoms with Crippen LogP contribution in [0.1, 0.15) is 25.0 Å². The van der Waals surface area contributed by atoms with Crippen molar-refractivity contribution in [3.05, 3.63) is 169 Å². The fourth-order valence-electron chi connectivity index (χ4n) is 9.68. The van der Waals surface area contributed by atoms with E-state index in [0.29, 0.717) is 0 Å². The molecule has 0 spiro atoms. The summed E-state index contributed by atoms with van der Waals surface area (Å²) in [5.41, 5.74) is 13.8. The minimum atomic E-state index is -0.175. The molecular formula is C51H32O2. The summed E-state index contributed by atoms with van der Waals surface area (Å²) in [5, 5.41) is 12.1. The zero-order valence-corrected chi connectivity index (χ0v) is 29.3. The number of hydrogen-bond acceptors (Lipinski definition) is 2. The molecule has 248 valence electrons. The summed E-state index contributed by atoms with van der Waals surface area (Å²) >= 11 is 0. The van der Waals surface area contributed by atoms with E-state index in [9.17, 15) is 0 Å². The molecule has 0 saturated heterocycles. The number of hydrogen-bond donors (Lipinski definition) is 0. The summed E-state index contributed by atoms with van der Waals surface area (Å²) in [5.74, 6) is 0. The summed E-state index contributed by atoms with van der Waals surface area (Å²) in [4.78, 5) is 0. The van der Waals surface area contributed by atoms with E-state index >= 15 is 0 Å². The predicted molar refractivity (Wildman–Crippen MR) is 222 cm³/mol. The van der Waals surface area contributed by atoms with Crippen molar-refractivity contribution in [1.82, 2.24) is 0 Å². The smallest absolute Gasteiger partial charge is 0.136 e. The minimum absolute atomic E-state index is 0.175. The lowest BCUT2D eigenvalue weighted by atomic mass is 9.79. The number of benzene rings is 9. The SMILES string of the molecule is CC1(C)c2ccc(-c3c4ccccc4c(-c4ccc5c(c4)oc4ccccc45)c4ccccc34)cc2-c2ccc3cc4c(cc3c21)oc1ccccc14. The lowest BCUT2D eigenvalue weighted by molar-refractivity contribution is 0.663. The molecule has 0 amide bonds. The van der Waals surface area contributed by atoms with Crippen molar-refractivity contribution in [2.75, 3.05) is 0 Å². The normalized spacial score (nSPS) is 13.6. The molecule has 1 aliphatic rings. The summed E-state index contributed by atoms with van der Waals surface area (Å²) in [7, 11) is 0. The second-order valence-electron chi connectivity index (χ2n) is 15.2. The fourth-order valence-corrected chi connectivity index (χ4v) is 9.68. The minimum Gasteiger partial charge on any atom is -0.456 e. The molecule has 0 atom stereocenters. The predicted octanol–water partition coefficient (Wildman–Crippen LogP) is 14.6. The Bertz CT molecular complexity index is 3310. The Morgan fingerprint density at radius 1 is 0.358 bits per heavy atom. The quantitative estimate of drug-likeness (QED) is 0.170. The van der Waals surface area contributed by atoms with E-state index in [1.807, 2.05) is 18.2 Å². The van der Waals surface area contributed by atoms with E-state index in [1.54, 1.807) is 0 Å². The molecule has 2 heteroatoms. The Hall–Kier alpha value is -6.64. The lowest BCUT2D eigenvalue weighted by Crippen LogP contribution is -2.15. The Morgan fingerprint density at radius 2 is 0.868 bits per heavy atom. The first-order valence-electron chi connectivity index (χ1n) is 18.4. The Labute approximate surface area is 305 Å². The molecule has 0 bridgehead atoms. The van der Waals surface area contributed by atoms with Gasteiger partial charge in [-0.25, -0.2) is 0 Å². The third-order valence-corrected chi connectivity index (χ3v) is 12.0. The molecule has 0 fully saturated rings. The monoisotopic (exact) mass is 676 g/mol. The third-order valence-electron chi connectivity index (χ3n) is 12.0. The van der Waals surface area contributed by atoms with E-state index in [1.165, 1.54) is 76.6 Å². The molecule has 0 unspecified atom stereocenters. The average molecular weight is 677 g/mol. The largest absolute Gasteiger partial charge is 0.456 e. The van der Waals surface area contributed by atoms with Crippen LogP contribution in [-0.2, 0) is 5.41 Å². The van der Waals surface area contributed by atoms with Gasteiger partial charge in [-0.3, -0.25) is 0 Å². The van der Waals surface area contributed by atoms with Crippen LogP contribution in [0.5, 0.6) is 0 Å². The maximum Gasteiger partial charge on any atom is 0.136 e. The number of para-hydroxylation sites is 2. The number of fused-ring (bicyclic) bond motifs is 13. The van der Waals surface area contributed by atoms with Crippen LogP contribution in [0.2, 0.25) is 0 Å². The summed E-state index contributed by atoms with van der Waals surface area (Å²) in [6, 6.07) is 57.5. The number of furan rings is 2. The molecule has 0 saturated carbocycles. The van der Waals surface area contributed by atoms with Crippen molar-refractivity contribution in [1.29, 1.82) is 0 Å². The van der Waals surface area contributed by atoms with Crippen LogP contribution in [0.3, 0.4) is 0 Å². The van der Waals surface area contributed by atoms with Gasteiger partial charge in [0.1, 0.15) is 22.3 Å². The summed E-state index contributed by atoms with van der Waals surface area (Å²) in [6.45, 7) is 4.75. The van der Waals surface area contributed by atoms with Crippen molar-refractivity contribution >= 4 is 76.2 Å². The molecule has 0 N–H and O–H groups in total. The molecule has 0 radical (unpaired) electrons. The maximum atomic E-state index is 6.40. The highest BCUT2D eigenvalue weighted by Gasteiger charge is 2.37. The van der Waals surface area contributed by atoms with E-state index in [0.717, 1.165) is 44.1 Å². The van der Waals surface area contributed by atoms with E-state index in [4.69, 9.17) is 8.83 Å². The molecule has 12 rings (SSSR count). The molecule has 53 heavy (non-hydrogen) atoms. The molecule has 1 aliphatic carbocycles. The highest BCUT2D eigenvalue weighted by Crippen LogP contribution is 2.54. The van der Waals surface area contributed by atoms with Gasteiger partial charge in [0.05, 0.1) is 0 Å². The van der Waals surface area contributed by atoms with Gasteiger partial charge in [0.25, 0.3) is 0 Å². The van der Waals surface area contributed by atoms with Crippen LogP contribution in [0, 0.1) is 0 Å². The number of rotatable bonds is 2. The van der Waals surface area contributed by atoms with Gasteiger partial charge in [-0.15, -0.1) is 0 Å². The van der Waals surface area contributed by atoms with E-state index < -0.39 is 0 Å². The van der Waals surface area contributed by atoms with Crippen molar-refractivity contribution in [2.24, 2.45) is 0 Å². The van der Waals surface area contributed by atoms with Gasteiger partial charge in [-0.1, -0.05) is 129 Å². The van der Waals surface area contributed by atoms with Gasteiger partial charge in [0.2, 0.25) is 0 Å². The summed E-state index contributed by atoms with van der Waals surface area (Å²) in [6.07, 6.45) is 0. The molecule has 2 aromatic heterocycles. The van der Waals surface area contributed by atoms with Crippen LogP contribution in [-0.4, -0.2) is 0 Å². The van der Waals surface area contributed by atoms with E-state index in [-0.39, 0.29) is 5.41 Å². The Balaban J connectivity index is 1.09. The first-order valence-corrected chi connectivity index (χ1v) is 18.4. The van der Waals surface area contributed by atoms with Crippen LogP contribution < -0.4 is 0 Å². The lowest BCUT2D eigenvalue weighted by Gasteiger charge is -2.23. The van der Waals surface area contributed by atoms with Crippen LogP contribution in [0.4, 0.5) is 0 Å². The van der Waals surface area contributed by atoms with Gasteiger partial charge in [0.15, 0.2) is 0 Å². The van der Waals surface area contributed by atoms with Crippen molar-refractivity contribution in [3.63, 3.8) is 0 Å². The second kappa shape index (κ2) is 10.2. The molecule has 9 aromatic carbocycles. The highest BCUT2D eigenvalue weighted by atomic mass is 16.3. The third kappa shape index (κ3) is 3.87. The maximum absolute atomic E-state index is 6.40. The summed E-state index contributed by atoms with van der Waals surface area (Å²) < 4.78 is 12.8. The van der Waals surface area contributed by atoms with Crippen molar-refractivity contribution in [3.8, 4) is 33.4 Å².